The lowest BCUT2D eigenvalue weighted by atomic mass is 10.2. The van der Waals surface area contributed by atoms with E-state index in [0.29, 0.717) is 11.9 Å². The zero-order valence-electron chi connectivity index (χ0n) is 11.6. The SMILES string of the molecule is COC(=O)c1c(O)c2ccccc2n1Cc1ccccc1. The van der Waals surface area contributed by atoms with Crippen LogP contribution < -0.4 is 0 Å². The van der Waals surface area contributed by atoms with Crippen molar-refractivity contribution in [3.63, 3.8) is 0 Å². The van der Waals surface area contributed by atoms with Crippen molar-refractivity contribution < 1.29 is 14.6 Å². The molecule has 106 valence electrons. The molecule has 4 heteroatoms. The molecule has 0 fully saturated rings. The number of aromatic hydroxyl groups is 1. The Labute approximate surface area is 122 Å². The molecule has 0 unspecified atom stereocenters. The van der Waals surface area contributed by atoms with Crippen molar-refractivity contribution in [3.8, 4) is 5.75 Å². The number of esters is 1. The van der Waals surface area contributed by atoms with Crippen LogP contribution in [0.3, 0.4) is 0 Å². The number of carbonyl (C=O) groups is 1. The summed E-state index contributed by atoms with van der Waals surface area (Å²) in [6.45, 7) is 0.492. The molecule has 21 heavy (non-hydrogen) atoms. The molecular formula is C17H15NO3. The Bertz CT molecular complexity index is 790. The summed E-state index contributed by atoms with van der Waals surface area (Å²) in [5.74, 6) is -0.576. The molecule has 0 radical (unpaired) electrons. The van der Waals surface area contributed by atoms with Gasteiger partial charge in [0.15, 0.2) is 11.4 Å². The first-order valence-electron chi connectivity index (χ1n) is 6.65. The maximum absolute atomic E-state index is 12.0. The van der Waals surface area contributed by atoms with E-state index in [1.165, 1.54) is 7.11 Å². The van der Waals surface area contributed by atoms with Crippen LogP contribution in [0.2, 0.25) is 0 Å². The number of benzene rings is 2. The van der Waals surface area contributed by atoms with Gasteiger partial charge >= 0.3 is 5.97 Å². The van der Waals surface area contributed by atoms with Crippen LogP contribution in [0.1, 0.15) is 16.1 Å². The molecule has 0 aliphatic carbocycles. The van der Waals surface area contributed by atoms with Gasteiger partial charge in [-0.3, -0.25) is 0 Å². The molecule has 0 bridgehead atoms. The summed E-state index contributed by atoms with van der Waals surface area (Å²) in [5.41, 5.74) is 2.03. The third kappa shape index (κ3) is 2.25. The minimum atomic E-state index is -0.542. The predicted molar refractivity (Wildman–Crippen MR) is 80.5 cm³/mol. The maximum atomic E-state index is 12.0. The molecule has 2 aromatic carbocycles. The zero-order chi connectivity index (χ0) is 14.8. The number of hydrogen-bond acceptors (Lipinski definition) is 3. The van der Waals surface area contributed by atoms with E-state index in [9.17, 15) is 9.90 Å². The molecule has 0 aliphatic heterocycles. The Balaban J connectivity index is 2.21. The van der Waals surface area contributed by atoms with Gasteiger partial charge in [-0.1, -0.05) is 42.5 Å². The number of fused-ring (bicyclic) bond motifs is 1. The van der Waals surface area contributed by atoms with Gasteiger partial charge < -0.3 is 14.4 Å². The van der Waals surface area contributed by atoms with Crippen LogP contribution in [0, 0.1) is 0 Å². The van der Waals surface area contributed by atoms with Gasteiger partial charge in [-0.2, -0.15) is 0 Å². The Hall–Kier alpha value is -2.75. The Morgan fingerprint density at radius 3 is 2.48 bits per heavy atom. The van der Waals surface area contributed by atoms with Crippen molar-refractivity contribution in [3.05, 3.63) is 65.9 Å². The van der Waals surface area contributed by atoms with Crippen molar-refractivity contribution in [2.75, 3.05) is 7.11 Å². The van der Waals surface area contributed by atoms with Crippen LogP contribution in [-0.2, 0) is 11.3 Å². The quantitative estimate of drug-likeness (QED) is 0.750. The van der Waals surface area contributed by atoms with Gasteiger partial charge in [0.1, 0.15) is 0 Å². The average molecular weight is 281 g/mol. The van der Waals surface area contributed by atoms with Crippen LogP contribution in [0.4, 0.5) is 0 Å². The predicted octanol–water partition coefficient (Wildman–Crippen LogP) is 3.18. The number of hydrogen-bond donors (Lipinski definition) is 1. The zero-order valence-corrected chi connectivity index (χ0v) is 11.6. The van der Waals surface area contributed by atoms with E-state index < -0.39 is 5.97 Å². The second kappa shape index (κ2) is 5.32. The summed E-state index contributed by atoms with van der Waals surface area (Å²) in [6.07, 6.45) is 0. The molecule has 1 heterocycles. The van der Waals surface area contributed by atoms with Crippen LogP contribution in [0.25, 0.3) is 10.9 Å². The largest absolute Gasteiger partial charge is 0.505 e. The first-order chi connectivity index (χ1) is 10.2. The van der Waals surface area contributed by atoms with Crippen molar-refractivity contribution in [1.82, 2.24) is 4.57 Å². The second-order valence-electron chi connectivity index (χ2n) is 4.78. The van der Waals surface area contributed by atoms with E-state index >= 15 is 0 Å². The smallest absolute Gasteiger partial charge is 0.358 e. The summed E-state index contributed by atoms with van der Waals surface area (Å²) in [6, 6.07) is 17.2. The fraction of sp³-hybridized carbons (Fsp3) is 0.118. The first-order valence-corrected chi connectivity index (χ1v) is 6.65. The van der Waals surface area contributed by atoms with Gasteiger partial charge in [0.25, 0.3) is 0 Å². The highest BCUT2D eigenvalue weighted by Gasteiger charge is 2.22. The van der Waals surface area contributed by atoms with Gasteiger partial charge in [0, 0.05) is 11.9 Å². The lowest BCUT2D eigenvalue weighted by Gasteiger charge is -2.09. The van der Waals surface area contributed by atoms with Gasteiger partial charge in [-0.25, -0.2) is 4.79 Å². The lowest BCUT2D eigenvalue weighted by molar-refractivity contribution is 0.0586. The van der Waals surface area contributed by atoms with E-state index in [-0.39, 0.29) is 11.4 Å². The molecule has 3 rings (SSSR count). The number of nitrogens with zero attached hydrogens (tertiary/aromatic N) is 1. The number of rotatable bonds is 3. The summed E-state index contributed by atoms with van der Waals surface area (Å²) in [4.78, 5) is 12.0. The molecular weight excluding hydrogens is 266 g/mol. The second-order valence-corrected chi connectivity index (χ2v) is 4.78. The molecule has 0 saturated heterocycles. The molecule has 3 aromatic rings. The monoisotopic (exact) mass is 281 g/mol. The van der Waals surface area contributed by atoms with Crippen LogP contribution in [0.15, 0.2) is 54.6 Å². The Morgan fingerprint density at radius 1 is 1.10 bits per heavy atom. The van der Waals surface area contributed by atoms with Crippen molar-refractivity contribution in [2.45, 2.75) is 6.54 Å². The summed E-state index contributed by atoms with van der Waals surface area (Å²) < 4.78 is 6.59. The number of para-hydroxylation sites is 1. The highest BCUT2D eigenvalue weighted by atomic mass is 16.5. The van der Waals surface area contributed by atoms with E-state index in [1.807, 2.05) is 48.5 Å². The molecule has 1 N–H and O–H groups in total. The highest BCUT2D eigenvalue weighted by Crippen LogP contribution is 2.33. The fourth-order valence-electron chi connectivity index (χ4n) is 2.52. The van der Waals surface area contributed by atoms with Crippen molar-refractivity contribution in [1.29, 1.82) is 0 Å². The van der Waals surface area contributed by atoms with Gasteiger partial charge in [-0.05, 0) is 17.7 Å². The van der Waals surface area contributed by atoms with E-state index in [0.717, 1.165) is 11.1 Å². The van der Waals surface area contributed by atoms with Gasteiger partial charge in [0.05, 0.1) is 12.6 Å². The number of ether oxygens (including phenoxy) is 1. The van der Waals surface area contributed by atoms with Crippen LogP contribution in [0.5, 0.6) is 5.75 Å². The molecule has 0 spiro atoms. The number of aromatic nitrogens is 1. The molecule has 0 amide bonds. The van der Waals surface area contributed by atoms with Gasteiger partial charge in [0.2, 0.25) is 0 Å². The van der Waals surface area contributed by atoms with Crippen LogP contribution >= 0.6 is 0 Å². The van der Waals surface area contributed by atoms with Gasteiger partial charge in [-0.15, -0.1) is 0 Å². The van der Waals surface area contributed by atoms with E-state index in [2.05, 4.69) is 0 Å². The average Bonchev–Trinajstić information content (AvgIpc) is 2.81. The molecule has 1 aromatic heterocycles. The minimum Gasteiger partial charge on any atom is -0.505 e. The topological polar surface area (TPSA) is 51.5 Å². The van der Waals surface area contributed by atoms with E-state index in [4.69, 9.17) is 4.74 Å². The minimum absolute atomic E-state index is 0.0339. The standard InChI is InChI=1S/C17H15NO3/c1-21-17(20)15-16(19)13-9-5-6-10-14(13)18(15)11-12-7-3-2-4-8-12/h2-10,19H,11H2,1H3. The Kier molecular flexibility index (Phi) is 3.36. The molecule has 0 saturated carbocycles. The van der Waals surface area contributed by atoms with Crippen molar-refractivity contribution >= 4 is 16.9 Å². The van der Waals surface area contributed by atoms with Crippen LogP contribution in [-0.4, -0.2) is 22.8 Å². The Morgan fingerprint density at radius 2 is 1.76 bits per heavy atom. The lowest BCUT2D eigenvalue weighted by Crippen LogP contribution is -2.11. The summed E-state index contributed by atoms with van der Waals surface area (Å²) in [5, 5.41) is 11.0. The fourth-order valence-corrected chi connectivity index (χ4v) is 2.52. The highest BCUT2D eigenvalue weighted by molar-refractivity contribution is 6.01. The number of methoxy groups -OCH3 is 1. The van der Waals surface area contributed by atoms with Crippen molar-refractivity contribution in [2.24, 2.45) is 0 Å². The normalized spacial score (nSPS) is 10.7. The molecule has 0 aliphatic rings. The third-order valence-electron chi connectivity index (χ3n) is 3.51. The third-order valence-corrected chi connectivity index (χ3v) is 3.51. The number of carbonyl (C=O) groups excluding carboxylic acids is 1. The summed E-state index contributed by atoms with van der Waals surface area (Å²) in [7, 11) is 1.31. The summed E-state index contributed by atoms with van der Waals surface area (Å²) >= 11 is 0. The first kappa shape index (κ1) is 13.2. The maximum Gasteiger partial charge on any atom is 0.358 e. The molecule has 0 atom stereocenters. The molecule has 4 nitrogen and oxygen atoms in total. The van der Waals surface area contributed by atoms with E-state index in [1.54, 1.807) is 10.6 Å².